The van der Waals surface area contributed by atoms with E-state index in [1.165, 1.54) is 7.11 Å². The van der Waals surface area contributed by atoms with Gasteiger partial charge in [-0.1, -0.05) is 30.3 Å². The Kier molecular flexibility index (Phi) is 5.86. The maximum atomic E-state index is 11.9. The molecule has 0 bridgehead atoms. The summed E-state index contributed by atoms with van der Waals surface area (Å²) in [5.74, 6) is 0.174. The SMILES string of the molecule is COC(=O)c1ccc2c(c1)CC(CNC(=O)COCc1ccccc1)O2. The second-order valence-electron chi connectivity index (χ2n) is 6.04. The van der Waals surface area contributed by atoms with Crippen molar-refractivity contribution in [3.05, 3.63) is 65.2 Å². The van der Waals surface area contributed by atoms with Gasteiger partial charge < -0.3 is 19.5 Å². The van der Waals surface area contributed by atoms with E-state index in [2.05, 4.69) is 5.32 Å². The smallest absolute Gasteiger partial charge is 0.337 e. The Hall–Kier alpha value is -2.86. The Bertz CT molecular complexity index is 775. The fraction of sp³-hybridized carbons (Fsp3) is 0.300. The van der Waals surface area contributed by atoms with Crippen LogP contribution in [0.2, 0.25) is 0 Å². The minimum absolute atomic E-state index is 0.00104. The highest BCUT2D eigenvalue weighted by Crippen LogP contribution is 2.29. The third-order valence-corrected chi connectivity index (χ3v) is 4.09. The Morgan fingerprint density at radius 3 is 2.77 bits per heavy atom. The zero-order valence-electron chi connectivity index (χ0n) is 14.6. The molecule has 1 aliphatic rings. The van der Waals surface area contributed by atoms with Gasteiger partial charge in [-0.3, -0.25) is 4.79 Å². The summed E-state index contributed by atoms with van der Waals surface area (Å²) < 4.78 is 15.9. The maximum absolute atomic E-state index is 11.9. The second-order valence-corrected chi connectivity index (χ2v) is 6.04. The number of hydrogen-bond donors (Lipinski definition) is 1. The number of amides is 1. The van der Waals surface area contributed by atoms with E-state index in [9.17, 15) is 9.59 Å². The Morgan fingerprint density at radius 1 is 1.19 bits per heavy atom. The molecule has 6 heteroatoms. The molecular formula is C20H21NO5. The molecule has 0 spiro atoms. The lowest BCUT2D eigenvalue weighted by Crippen LogP contribution is -2.36. The molecule has 1 unspecified atom stereocenters. The van der Waals surface area contributed by atoms with Gasteiger partial charge in [0.15, 0.2) is 0 Å². The molecule has 0 aromatic heterocycles. The molecule has 0 fully saturated rings. The molecule has 1 heterocycles. The monoisotopic (exact) mass is 355 g/mol. The van der Waals surface area contributed by atoms with Gasteiger partial charge in [0.1, 0.15) is 18.5 Å². The lowest BCUT2D eigenvalue weighted by Gasteiger charge is -2.12. The summed E-state index contributed by atoms with van der Waals surface area (Å²) in [6.07, 6.45) is 0.474. The number of hydrogen-bond acceptors (Lipinski definition) is 5. The van der Waals surface area contributed by atoms with Crippen molar-refractivity contribution in [2.45, 2.75) is 19.1 Å². The lowest BCUT2D eigenvalue weighted by molar-refractivity contribution is -0.126. The zero-order valence-corrected chi connectivity index (χ0v) is 14.6. The van der Waals surface area contributed by atoms with Crippen LogP contribution in [-0.4, -0.2) is 38.2 Å². The van der Waals surface area contributed by atoms with Crippen LogP contribution in [0.4, 0.5) is 0 Å². The van der Waals surface area contributed by atoms with Crippen LogP contribution in [0, 0.1) is 0 Å². The molecule has 0 aliphatic carbocycles. The molecule has 6 nitrogen and oxygen atoms in total. The predicted molar refractivity (Wildman–Crippen MR) is 95.0 cm³/mol. The van der Waals surface area contributed by atoms with Crippen molar-refractivity contribution in [2.24, 2.45) is 0 Å². The van der Waals surface area contributed by atoms with Crippen molar-refractivity contribution in [2.75, 3.05) is 20.3 Å². The van der Waals surface area contributed by atoms with Crippen LogP contribution in [0.25, 0.3) is 0 Å². The summed E-state index contributed by atoms with van der Waals surface area (Å²) in [4.78, 5) is 23.5. The second kappa shape index (κ2) is 8.49. The van der Waals surface area contributed by atoms with Crippen LogP contribution in [-0.2, 0) is 27.3 Å². The lowest BCUT2D eigenvalue weighted by atomic mass is 10.1. The number of methoxy groups -OCH3 is 1. The van der Waals surface area contributed by atoms with Crippen molar-refractivity contribution in [3.8, 4) is 5.75 Å². The van der Waals surface area contributed by atoms with E-state index >= 15 is 0 Å². The first-order valence-corrected chi connectivity index (χ1v) is 8.42. The van der Waals surface area contributed by atoms with E-state index in [0.717, 1.165) is 16.9 Å². The van der Waals surface area contributed by atoms with Crippen LogP contribution in [0.15, 0.2) is 48.5 Å². The fourth-order valence-electron chi connectivity index (χ4n) is 2.79. The average molecular weight is 355 g/mol. The normalized spacial score (nSPS) is 15.0. The van der Waals surface area contributed by atoms with Gasteiger partial charge in [-0.2, -0.15) is 0 Å². The molecule has 2 aromatic carbocycles. The van der Waals surface area contributed by atoms with Crippen LogP contribution in [0.1, 0.15) is 21.5 Å². The number of esters is 1. The van der Waals surface area contributed by atoms with Crippen molar-refractivity contribution in [1.82, 2.24) is 5.32 Å². The maximum Gasteiger partial charge on any atom is 0.337 e. The summed E-state index contributed by atoms with van der Waals surface area (Å²) in [5, 5.41) is 2.81. The zero-order chi connectivity index (χ0) is 18.4. The number of rotatable bonds is 7. The number of carbonyl (C=O) groups is 2. The number of benzene rings is 2. The Morgan fingerprint density at radius 2 is 2.00 bits per heavy atom. The summed E-state index contributed by atoms with van der Waals surface area (Å²) in [6, 6.07) is 14.9. The van der Waals surface area contributed by atoms with Gasteiger partial charge in [-0.25, -0.2) is 4.79 Å². The highest BCUT2D eigenvalue weighted by molar-refractivity contribution is 5.89. The van der Waals surface area contributed by atoms with Gasteiger partial charge in [0.25, 0.3) is 0 Å². The molecule has 1 amide bonds. The summed E-state index contributed by atoms with van der Waals surface area (Å²) in [5.41, 5.74) is 2.46. The highest BCUT2D eigenvalue weighted by Gasteiger charge is 2.24. The molecule has 26 heavy (non-hydrogen) atoms. The van der Waals surface area contributed by atoms with E-state index in [1.807, 2.05) is 30.3 Å². The Labute approximate surface area is 152 Å². The van der Waals surface area contributed by atoms with Gasteiger partial charge in [-0.15, -0.1) is 0 Å². The van der Waals surface area contributed by atoms with Gasteiger partial charge in [0.2, 0.25) is 5.91 Å². The van der Waals surface area contributed by atoms with Crippen LogP contribution in [0.3, 0.4) is 0 Å². The fourth-order valence-corrected chi connectivity index (χ4v) is 2.79. The largest absolute Gasteiger partial charge is 0.488 e. The molecule has 0 saturated carbocycles. The van der Waals surface area contributed by atoms with E-state index in [1.54, 1.807) is 18.2 Å². The third kappa shape index (κ3) is 4.61. The molecule has 1 atom stereocenters. The molecule has 136 valence electrons. The molecule has 0 radical (unpaired) electrons. The van der Waals surface area contributed by atoms with Gasteiger partial charge in [-0.05, 0) is 29.3 Å². The van der Waals surface area contributed by atoms with Crippen molar-refractivity contribution >= 4 is 11.9 Å². The first-order chi connectivity index (χ1) is 12.7. The van der Waals surface area contributed by atoms with E-state index < -0.39 is 0 Å². The van der Waals surface area contributed by atoms with Gasteiger partial charge in [0.05, 0.1) is 25.8 Å². The van der Waals surface area contributed by atoms with Crippen LogP contribution >= 0.6 is 0 Å². The highest BCUT2D eigenvalue weighted by atomic mass is 16.5. The molecule has 0 saturated heterocycles. The molecule has 3 rings (SSSR count). The molecule has 2 aromatic rings. The van der Waals surface area contributed by atoms with Crippen LogP contribution < -0.4 is 10.1 Å². The minimum Gasteiger partial charge on any atom is -0.488 e. The van der Waals surface area contributed by atoms with E-state index in [0.29, 0.717) is 25.1 Å². The summed E-state index contributed by atoms with van der Waals surface area (Å²) >= 11 is 0. The quantitative estimate of drug-likeness (QED) is 0.770. The summed E-state index contributed by atoms with van der Waals surface area (Å²) in [6.45, 7) is 0.784. The van der Waals surface area contributed by atoms with Crippen molar-refractivity contribution < 1.29 is 23.8 Å². The topological polar surface area (TPSA) is 73.9 Å². The minimum atomic E-state index is -0.375. The number of ether oxygens (including phenoxy) is 3. The van der Waals surface area contributed by atoms with E-state index in [-0.39, 0.29) is 24.6 Å². The third-order valence-electron chi connectivity index (χ3n) is 4.09. The van der Waals surface area contributed by atoms with E-state index in [4.69, 9.17) is 14.2 Å². The van der Waals surface area contributed by atoms with Crippen molar-refractivity contribution in [3.63, 3.8) is 0 Å². The first kappa shape index (κ1) is 17.9. The van der Waals surface area contributed by atoms with Gasteiger partial charge in [0, 0.05) is 6.42 Å². The van der Waals surface area contributed by atoms with Crippen LogP contribution in [0.5, 0.6) is 5.75 Å². The molecular weight excluding hydrogens is 334 g/mol. The number of carbonyl (C=O) groups excluding carboxylic acids is 2. The Balaban J connectivity index is 1.41. The summed E-state index contributed by atoms with van der Waals surface area (Å²) in [7, 11) is 1.35. The number of nitrogens with one attached hydrogen (secondary N) is 1. The van der Waals surface area contributed by atoms with Gasteiger partial charge >= 0.3 is 5.97 Å². The number of fused-ring (bicyclic) bond motifs is 1. The molecule has 1 aliphatic heterocycles. The van der Waals surface area contributed by atoms with Crippen molar-refractivity contribution in [1.29, 1.82) is 0 Å². The standard InChI is InChI=1S/C20H21NO5/c1-24-20(23)15-7-8-18-16(9-15)10-17(26-18)11-21-19(22)13-25-12-14-5-3-2-4-6-14/h2-9,17H,10-13H2,1H3,(H,21,22). The molecule has 1 N–H and O–H groups in total. The first-order valence-electron chi connectivity index (χ1n) is 8.42. The predicted octanol–water partition coefficient (Wildman–Crippen LogP) is 2.11. The average Bonchev–Trinajstić information content (AvgIpc) is 3.08.